The highest BCUT2D eigenvalue weighted by atomic mass is 35.5. The van der Waals surface area contributed by atoms with Crippen LogP contribution >= 0.6 is 11.6 Å². The molecule has 4 heteroatoms. The first kappa shape index (κ1) is 12.8. The molecule has 94 valence electrons. The first-order valence-corrected chi connectivity index (χ1v) is 6.27. The van der Waals surface area contributed by atoms with E-state index >= 15 is 0 Å². The maximum Gasteiger partial charge on any atom is 0.142 e. The Kier molecular flexibility index (Phi) is 4.37. The third kappa shape index (κ3) is 3.41. The van der Waals surface area contributed by atoms with E-state index in [1.54, 1.807) is 12.1 Å². The standard InChI is InChI=1S/C13H16ClFO2/c14-13-9(2-1-3-12(13)15)8-17-11-6-4-10(16)5-7-11/h1-3,10-11,16H,4-8H2. The van der Waals surface area contributed by atoms with Crippen LogP contribution in [0.3, 0.4) is 0 Å². The van der Waals surface area contributed by atoms with Gasteiger partial charge in [0.25, 0.3) is 0 Å². The summed E-state index contributed by atoms with van der Waals surface area (Å²) in [6.45, 7) is 0.331. The van der Waals surface area contributed by atoms with Crippen molar-refractivity contribution in [1.82, 2.24) is 0 Å². The van der Waals surface area contributed by atoms with Gasteiger partial charge in [-0.25, -0.2) is 4.39 Å². The molecule has 17 heavy (non-hydrogen) atoms. The minimum absolute atomic E-state index is 0.142. The Morgan fingerprint density at radius 2 is 2.00 bits per heavy atom. The molecule has 2 rings (SSSR count). The van der Waals surface area contributed by atoms with Crippen molar-refractivity contribution >= 4 is 11.6 Å². The summed E-state index contributed by atoms with van der Waals surface area (Å²) in [4.78, 5) is 0. The van der Waals surface area contributed by atoms with E-state index in [9.17, 15) is 9.50 Å². The summed E-state index contributed by atoms with van der Waals surface area (Å²) in [7, 11) is 0. The van der Waals surface area contributed by atoms with Crippen LogP contribution < -0.4 is 0 Å². The molecule has 1 N–H and O–H groups in total. The molecule has 1 aliphatic carbocycles. The summed E-state index contributed by atoms with van der Waals surface area (Å²) in [6, 6.07) is 4.73. The second-order valence-electron chi connectivity index (χ2n) is 4.45. The van der Waals surface area contributed by atoms with Crippen LogP contribution in [0.2, 0.25) is 5.02 Å². The third-order valence-corrected chi connectivity index (χ3v) is 3.57. The number of aliphatic hydroxyl groups excluding tert-OH is 1. The average Bonchev–Trinajstić information content (AvgIpc) is 2.33. The van der Waals surface area contributed by atoms with Gasteiger partial charge < -0.3 is 9.84 Å². The van der Waals surface area contributed by atoms with Gasteiger partial charge in [0.2, 0.25) is 0 Å². The highest BCUT2D eigenvalue weighted by Crippen LogP contribution is 2.25. The van der Waals surface area contributed by atoms with Crippen LogP contribution in [0.5, 0.6) is 0 Å². The highest BCUT2D eigenvalue weighted by Gasteiger charge is 2.20. The summed E-state index contributed by atoms with van der Waals surface area (Å²) in [6.07, 6.45) is 3.23. The first-order chi connectivity index (χ1) is 8.16. The van der Waals surface area contributed by atoms with E-state index in [0.29, 0.717) is 12.2 Å². The predicted molar refractivity (Wildman–Crippen MR) is 64.5 cm³/mol. The molecule has 0 aliphatic heterocycles. The van der Waals surface area contributed by atoms with Crippen molar-refractivity contribution in [3.05, 3.63) is 34.6 Å². The molecular weight excluding hydrogens is 243 g/mol. The van der Waals surface area contributed by atoms with Crippen molar-refractivity contribution in [2.45, 2.75) is 44.5 Å². The molecule has 0 amide bonds. The fourth-order valence-corrected chi connectivity index (χ4v) is 2.26. The minimum atomic E-state index is -0.410. The Hall–Kier alpha value is -0.640. The molecule has 0 radical (unpaired) electrons. The topological polar surface area (TPSA) is 29.5 Å². The van der Waals surface area contributed by atoms with E-state index in [0.717, 1.165) is 25.7 Å². The van der Waals surface area contributed by atoms with Gasteiger partial charge in [0, 0.05) is 0 Å². The fraction of sp³-hybridized carbons (Fsp3) is 0.538. The molecule has 0 heterocycles. The summed E-state index contributed by atoms with van der Waals surface area (Å²) >= 11 is 5.84. The molecule has 1 aliphatic rings. The number of benzene rings is 1. The van der Waals surface area contributed by atoms with Crippen LogP contribution in [0.15, 0.2) is 18.2 Å². The quantitative estimate of drug-likeness (QED) is 0.901. The van der Waals surface area contributed by atoms with Crippen molar-refractivity contribution in [1.29, 1.82) is 0 Å². The molecular formula is C13H16ClFO2. The zero-order valence-electron chi connectivity index (χ0n) is 9.53. The van der Waals surface area contributed by atoms with Crippen molar-refractivity contribution in [3.8, 4) is 0 Å². The molecule has 1 fully saturated rings. The van der Waals surface area contributed by atoms with Crippen LogP contribution in [-0.4, -0.2) is 17.3 Å². The Balaban J connectivity index is 1.87. The molecule has 2 nitrogen and oxygen atoms in total. The maximum absolute atomic E-state index is 13.2. The van der Waals surface area contributed by atoms with Gasteiger partial charge in [0.15, 0.2) is 0 Å². The van der Waals surface area contributed by atoms with E-state index in [1.807, 2.05) is 0 Å². The smallest absolute Gasteiger partial charge is 0.142 e. The van der Waals surface area contributed by atoms with Crippen molar-refractivity contribution in [2.24, 2.45) is 0 Å². The Morgan fingerprint density at radius 3 is 2.71 bits per heavy atom. The molecule has 0 saturated heterocycles. The predicted octanol–water partition coefficient (Wildman–Crippen LogP) is 3.30. The zero-order valence-corrected chi connectivity index (χ0v) is 10.3. The largest absolute Gasteiger partial charge is 0.393 e. The first-order valence-electron chi connectivity index (χ1n) is 5.89. The summed E-state index contributed by atoms with van der Waals surface area (Å²) < 4.78 is 18.9. The third-order valence-electron chi connectivity index (χ3n) is 3.15. The Labute approximate surface area is 105 Å². The normalized spacial score (nSPS) is 24.9. The maximum atomic E-state index is 13.2. The average molecular weight is 259 g/mol. The molecule has 1 aromatic rings. The fourth-order valence-electron chi connectivity index (χ4n) is 2.08. The van der Waals surface area contributed by atoms with Gasteiger partial charge in [-0.1, -0.05) is 23.7 Å². The van der Waals surface area contributed by atoms with Crippen LogP contribution in [-0.2, 0) is 11.3 Å². The van der Waals surface area contributed by atoms with Crippen LogP contribution in [0.25, 0.3) is 0 Å². The molecule has 1 aromatic carbocycles. The lowest BCUT2D eigenvalue weighted by Crippen LogP contribution is -2.24. The number of rotatable bonds is 3. The SMILES string of the molecule is OC1CCC(OCc2cccc(F)c2Cl)CC1. The van der Waals surface area contributed by atoms with Crippen molar-refractivity contribution in [3.63, 3.8) is 0 Å². The Bertz CT molecular complexity index is 376. The number of hydrogen-bond acceptors (Lipinski definition) is 2. The number of aliphatic hydroxyl groups is 1. The van der Waals surface area contributed by atoms with Gasteiger partial charge in [0.05, 0.1) is 23.8 Å². The lowest BCUT2D eigenvalue weighted by Gasteiger charge is -2.25. The summed E-state index contributed by atoms with van der Waals surface area (Å²) in [5.41, 5.74) is 0.679. The zero-order chi connectivity index (χ0) is 12.3. The van der Waals surface area contributed by atoms with Gasteiger partial charge in [-0.2, -0.15) is 0 Å². The molecule has 1 saturated carbocycles. The summed E-state index contributed by atoms with van der Waals surface area (Å²) in [5, 5.41) is 9.51. The number of ether oxygens (including phenoxy) is 1. The Morgan fingerprint density at radius 1 is 1.29 bits per heavy atom. The monoisotopic (exact) mass is 258 g/mol. The molecule has 0 spiro atoms. The lowest BCUT2D eigenvalue weighted by atomic mass is 9.95. The van der Waals surface area contributed by atoms with E-state index in [4.69, 9.17) is 16.3 Å². The molecule has 0 bridgehead atoms. The second kappa shape index (κ2) is 5.80. The number of halogens is 2. The molecule has 0 aromatic heterocycles. The van der Waals surface area contributed by atoms with Gasteiger partial charge in [-0.15, -0.1) is 0 Å². The van der Waals surface area contributed by atoms with Gasteiger partial charge in [0.1, 0.15) is 5.82 Å². The molecule has 0 atom stereocenters. The lowest BCUT2D eigenvalue weighted by molar-refractivity contribution is -0.0119. The minimum Gasteiger partial charge on any atom is -0.393 e. The highest BCUT2D eigenvalue weighted by molar-refractivity contribution is 6.31. The van der Waals surface area contributed by atoms with Gasteiger partial charge >= 0.3 is 0 Å². The van der Waals surface area contributed by atoms with Crippen molar-refractivity contribution in [2.75, 3.05) is 0 Å². The number of hydrogen-bond donors (Lipinski definition) is 1. The van der Waals surface area contributed by atoms with E-state index in [2.05, 4.69) is 0 Å². The van der Waals surface area contributed by atoms with E-state index in [-0.39, 0.29) is 17.2 Å². The van der Waals surface area contributed by atoms with Crippen LogP contribution in [0.4, 0.5) is 4.39 Å². The van der Waals surface area contributed by atoms with Crippen LogP contribution in [0, 0.1) is 5.82 Å². The van der Waals surface area contributed by atoms with Gasteiger partial charge in [-0.3, -0.25) is 0 Å². The van der Waals surface area contributed by atoms with E-state index < -0.39 is 5.82 Å². The van der Waals surface area contributed by atoms with E-state index in [1.165, 1.54) is 6.07 Å². The second-order valence-corrected chi connectivity index (χ2v) is 4.83. The van der Waals surface area contributed by atoms with Crippen LogP contribution in [0.1, 0.15) is 31.2 Å². The molecule has 0 unspecified atom stereocenters. The summed E-state index contributed by atoms with van der Waals surface area (Å²) in [5.74, 6) is -0.410. The van der Waals surface area contributed by atoms with Crippen molar-refractivity contribution < 1.29 is 14.2 Å². The van der Waals surface area contributed by atoms with Gasteiger partial charge in [-0.05, 0) is 37.3 Å².